The molecular weight excluding hydrogens is 186 g/mol. The molecule has 0 spiro atoms. The van der Waals surface area contributed by atoms with E-state index < -0.39 is 0 Å². The number of carbonyl (C=O) groups excluding carboxylic acids is 1. The van der Waals surface area contributed by atoms with Gasteiger partial charge in [-0.25, -0.2) is 0 Å². The molecule has 2 nitrogen and oxygen atoms in total. The molecule has 0 saturated carbocycles. The first kappa shape index (κ1) is 10.4. The first-order valence-electron chi connectivity index (χ1n) is 5.63. The third-order valence-corrected chi connectivity index (χ3v) is 3.07. The summed E-state index contributed by atoms with van der Waals surface area (Å²) < 4.78 is 0. The zero-order valence-electron chi connectivity index (χ0n) is 8.91. The maximum atomic E-state index is 10.6. The van der Waals surface area contributed by atoms with Crippen molar-refractivity contribution in [2.45, 2.75) is 19.3 Å². The second kappa shape index (κ2) is 5.08. The molecule has 0 unspecified atom stereocenters. The van der Waals surface area contributed by atoms with Crippen LogP contribution in [0.2, 0.25) is 0 Å². The molecule has 0 bridgehead atoms. The maximum Gasteiger partial charge on any atom is 0.150 e. The van der Waals surface area contributed by atoms with Crippen molar-refractivity contribution in [3.63, 3.8) is 0 Å². The van der Waals surface area contributed by atoms with Gasteiger partial charge in [-0.3, -0.25) is 4.79 Å². The third-order valence-electron chi connectivity index (χ3n) is 3.07. The monoisotopic (exact) mass is 203 g/mol. The summed E-state index contributed by atoms with van der Waals surface area (Å²) in [6.07, 6.45) is 4.55. The van der Waals surface area contributed by atoms with Crippen molar-refractivity contribution in [1.82, 2.24) is 5.32 Å². The van der Waals surface area contributed by atoms with Crippen LogP contribution in [0.4, 0.5) is 0 Å². The van der Waals surface area contributed by atoms with Crippen molar-refractivity contribution in [1.29, 1.82) is 0 Å². The summed E-state index contributed by atoms with van der Waals surface area (Å²) in [7, 11) is 0. The number of aldehydes is 1. The second-order valence-electron chi connectivity index (χ2n) is 4.26. The molecule has 15 heavy (non-hydrogen) atoms. The van der Waals surface area contributed by atoms with E-state index in [1.54, 1.807) is 0 Å². The normalized spacial score (nSPS) is 17.6. The fourth-order valence-electron chi connectivity index (χ4n) is 2.21. The van der Waals surface area contributed by atoms with Crippen molar-refractivity contribution in [3.8, 4) is 0 Å². The molecular formula is C13H17NO. The van der Waals surface area contributed by atoms with Gasteiger partial charge >= 0.3 is 0 Å². The van der Waals surface area contributed by atoms with Gasteiger partial charge in [0.15, 0.2) is 0 Å². The van der Waals surface area contributed by atoms with E-state index in [2.05, 4.69) is 11.4 Å². The van der Waals surface area contributed by atoms with Crippen LogP contribution >= 0.6 is 0 Å². The fraction of sp³-hybridized carbons (Fsp3) is 0.462. The van der Waals surface area contributed by atoms with Gasteiger partial charge in [-0.05, 0) is 49.9 Å². The highest BCUT2D eigenvalue weighted by atomic mass is 16.1. The minimum Gasteiger partial charge on any atom is -0.317 e. The third kappa shape index (κ3) is 2.90. The zero-order valence-corrected chi connectivity index (χ0v) is 8.91. The summed E-state index contributed by atoms with van der Waals surface area (Å²) in [4.78, 5) is 10.6. The standard InChI is InChI=1S/C13H17NO/c15-10-13-3-1-2-12(9-13)8-11-4-6-14-7-5-11/h1-3,9-11,14H,4-8H2. The van der Waals surface area contributed by atoms with Crippen LogP contribution < -0.4 is 5.32 Å². The number of nitrogens with one attached hydrogen (secondary N) is 1. The Morgan fingerprint density at radius 2 is 2.13 bits per heavy atom. The number of benzene rings is 1. The van der Waals surface area contributed by atoms with Crippen molar-refractivity contribution in [2.75, 3.05) is 13.1 Å². The largest absolute Gasteiger partial charge is 0.317 e. The van der Waals surface area contributed by atoms with E-state index in [0.29, 0.717) is 0 Å². The number of rotatable bonds is 3. The van der Waals surface area contributed by atoms with Crippen molar-refractivity contribution in [3.05, 3.63) is 35.4 Å². The maximum absolute atomic E-state index is 10.6. The van der Waals surface area contributed by atoms with Gasteiger partial charge in [0, 0.05) is 5.56 Å². The molecule has 1 fully saturated rings. The van der Waals surface area contributed by atoms with Crippen LogP contribution in [0.15, 0.2) is 24.3 Å². The second-order valence-corrected chi connectivity index (χ2v) is 4.26. The van der Waals surface area contributed by atoms with Crippen LogP contribution in [-0.4, -0.2) is 19.4 Å². The summed E-state index contributed by atoms with van der Waals surface area (Å²) in [6, 6.07) is 7.96. The van der Waals surface area contributed by atoms with Crippen LogP contribution in [0.1, 0.15) is 28.8 Å². The zero-order chi connectivity index (χ0) is 10.5. The Balaban J connectivity index is 1.99. The van der Waals surface area contributed by atoms with E-state index in [9.17, 15) is 4.79 Å². The fourth-order valence-corrected chi connectivity index (χ4v) is 2.21. The first-order chi connectivity index (χ1) is 7.38. The van der Waals surface area contributed by atoms with Gasteiger partial charge in [0.05, 0.1) is 0 Å². The summed E-state index contributed by atoms with van der Waals surface area (Å²) in [5.74, 6) is 0.785. The molecule has 1 aliphatic heterocycles. The SMILES string of the molecule is O=Cc1cccc(CC2CCNCC2)c1. The van der Waals surface area contributed by atoms with E-state index in [4.69, 9.17) is 0 Å². The molecule has 1 aromatic carbocycles. The molecule has 2 rings (SSSR count). The molecule has 0 atom stereocenters. The summed E-state index contributed by atoms with van der Waals surface area (Å²) >= 11 is 0. The number of piperidine rings is 1. The molecule has 80 valence electrons. The quantitative estimate of drug-likeness (QED) is 0.762. The molecule has 0 aliphatic carbocycles. The lowest BCUT2D eigenvalue weighted by Crippen LogP contribution is -2.28. The number of hydrogen-bond acceptors (Lipinski definition) is 2. The Morgan fingerprint density at radius 3 is 2.87 bits per heavy atom. The van der Waals surface area contributed by atoms with E-state index in [-0.39, 0.29) is 0 Å². The Morgan fingerprint density at radius 1 is 1.33 bits per heavy atom. The van der Waals surface area contributed by atoms with Gasteiger partial charge in [-0.15, -0.1) is 0 Å². The lowest BCUT2D eigenvalue weighted by Gasteiger charge is -2.22. The Kier molecular flexibility index (Phi) is 3.51. The predicted molar refractivity (Wildman–Crippen MR) is 61.1 cm³/mol. The van der Waals surface area contributed by atoms with Crippen LogP contribution in [-0.2, 0) is 6.42 Å². The summed E-state index contributed by atoms with van der Waals surface area (Å²) in [5.41, 5.74) is 2.09. The average Bonchev–Trinajstić information content (AvgIpc) is 2.31. The number of hydrogen-bond donors (Lipinski definition) is 1. The Bertz CT molecular complexity index is 329. The highest BCUT2D eigenvalue weighted by Gasteiger charge is 2.13. The van der Waals surface area contributed by atoms with Crippen molar-refractivity contribution < 1.29 is 4.79 Å². The Hall–Kier alpha value is -1.15. The van der Waals surface area contributed by atoms with Gasteiger partial charge in [-0.1, -0.05) is 18.2 Å². The predicted octanol–water partition coefficient (Wildman–Crippen LogP) is 2.04. The van der Waals surface area contributed by atoms with E-state index in [1.165, 1.54) is 18.4 Å². The van der Waals surface area contributed by atoms with Crippen LogP contribution in [0.25, 0.3) is 0 Å². The lowest BCUT2D eigenvalue weighted by molar-refractivity contribution is 0.112. The van der Waals surface area contributed by atoms with Crippen LogP contribution in [0.3, 0.4) is 0 Å². The average molecular weight is 203 g/mol. The molecule has 0 radical (unpaired) electrons. The smallest absolute Gasteiger partial charge is 0.150 e. The molecule has 1 saturated heterocycles. The molecule has 0 amide bonds. The topological polar surface area (TPSA) is 29.1 Å². The van der Waals surface area contributed by atoms with Gasteiger partial charge < -0.3 is 5.32 Å². The molecule has 2 heteroatoms. The molecule has 1 aliphatic rings. The summed E-state index contributed by atoms with van der Waals surface area (Å²) in [6.45, 7) is 2.27. The minimum absolute atomic E-state index is 0.785. The first-order valence-corrected chi connectivity index (χ1v) is 5.63. The molecule has 1 N–H and O–H groups in total. The van der Waals surface area contributed by atoms with E-state index in [1.807, 2.05) is 18.2 Å². The number of carbonyl (C=O) groups is 1. The van der Waals surface area contributed by atoms with Crippen LogP contribution in [0.5, 0.6) is 0 Å². The Labute approximate surface area is 90.7 Å². The lowest BCUT2D eigenvalue weighted by atomic mass is 9.90. The van der Waals surface area contributed by atoms with Crippen molar-refractivity contribution in [2.24, 2.45) is 5.92 Å². The highest BCUT2D eigenvalue weighted by Crippen LogP contribution is 2.18. The van der Waals surface area contributed by atoms with Gasteiger partial charge in [0.25, 0.3) is 0 Å². The minimum atomic E-state index is 0.785. The van der Waals surface area contributed by atoms with E-state index >= 15 is 0 Å². The van der Waals surface area contributed by atoms with Gasteiger partial charge in [0.2, 0.25) is 0 Å². The van der Waals surface area contributed by atoms with E-state index in [0.717, 1.165) is 37.3 Å². The highest BCUT2D eigenvalue weighted by molar-refractivity contribution is 5.74. The van der Waals surface area contributed by atoms with Gasteiger partial charge in [0.1, 0.15) is 6.29 Å². The molecule has 1 heterocycles. The molecule has 1 aromatic rings. The summed E-state index contributed by atoms with van der Waals surface area (Å²) in [5, 5.41) is 3.37. The molecule has 0 aromatic heterocycles. The van der Waals surface area contributed by atoms with Gasteiger partial charge in [-0.2, -0.15) is 0 Å². The van der Waals surface area contributed by atoms with Crippen molar-refractivity contribution >= 4 is 6.29 Å². The van der Waals surface area contributed by atoms with Crippen LogP contribution in [0, 0.1) is 5.92 Å².